The molecule has 1 aromatic heterocycles. The number of hydrogen-bond donors (Lipinski definition) is 1. The number of nitrogens with one attached hydrogen (secondary N) is 1. The molecule has 1 aromatic rings. The molecule has 0 spiro atoms. The third-order valence-corrected chi connectivity index (χ3v) is 1.15. The second-order valence-electron chi connectivity index (χ2n) is 1.47. The first-order valence-electron chi connectivity index (χ1n) is 2.24. The second-order valence-corrected chi connectivity index (χ2v) is 1.88. The minimum atomic E-state index is -0.931. The Hall–Kier alpha value is -0.830. The lowest BCUT2D eigenvalue weighted by Crippen LogP contribution is -2.08. The van der Waals surface area contributed by atoms with Crippen molar-refractivity contribution in [2.75, 3.05) is 0 Å². The number of rotatable bonds is 0. The van der Waals surface area contributed by atoms with Crippen LogP contribution in [0.1, 0.15) is 0 Å². The number of pyridine rings is 1. The SMILES string of the molecule is O=c1[nH]ccc(Cl)c1F. The van der Waals surface area contributed by atoms with Gasteiger partial charge in [0.25, 0.3) is 5.56 Å². The van der Waals surface area contributed by atoms with Crippen molar-refractivity contribution in [1.29, 1.82) is 0 Å². The van der Waals surface area contributed by atoms with Gasteiger partial charge in [0.2, 0.25) is 5.82 Å². The lowest BCUT2D eigenvalue weighted by Gasteiger charge is -1.87. The Morgan fingerprint density at radius 3 is 2.78 bits per heavy atom. The summed E-state index contributed by atoms with van der Waals surface area (Å²) in [6.45, 7) is 0. The van der Waals surface area contributed by atoms with E-state index in [0.717, 1.165) is 0 Å². The maximum atomic E-state index is 12.3. The van der Waals surface area contributed by atoms with E-state index in [-0.39, 0.29) is 5.02 Å². The highest BCUT2D eigenvalue weighted by Crippen LogP contribution is 2.06. The van der Waals surface area contributed by atoms with Crippen LogP contribution in [0.2, 0.25) is 5.02 Å². The Morgan fingerprint density at radius 1 is 1.67 bits per heavy atom. The van der Waals surface area contributed by atoms with Crippen molar-refractivity contribution in [3.8, 4) is 0 Å². The lowest BCUT2D eigenvalue weighted by atomic mass is 10.5. The third kappa shape index (κ3) is 1.10. The van der Waals surface area contributed by atoms with Crippen LogP contribution >= 0.6 is 11.6 Å². The van der Waals surface area contributed by atoms with Gasteiger partial charge in [-0.1, -0.05) is 11.6 Å². The highest BCUT2D eigenvalue weighted by molar-refractivity contribution is 6.30. The maximum absolute atomic E-state index is 12.3. The molecular formula is C5H3ClFNO. The van der Waals surface area contributed by atoms with Crippen LogP contribution in [0.15, 0.2) is 17.1 Å². The summed E-state index contributed by atoms with van der Waals surface area (Å²) >= 11 is 5.22. The number of H-pyrrole nitrogens is 1. The highest BCUT2D eigenvalue weighted by Gasteiger charge is 2.00. The van der Waals surface area contributed by atoms with Crippen LogP contribution in [-0.2, 0) is 0 Å². The van der Waals surface area contributed by atoms with Gasteiger partial charge in [0, 0.05) is 6.20 Å². The van der Waals surface area contributed by atoms with E-state index in [0.29, 0.717) is 0 Å². The van der Waals surface area contributed by atoms with Crippen LogP contribution in [0.3, 0.4) is 0 Å². The molecule has 1 heterocycles. The van der Waals surface area contributed by atoms with Crippen molar-refractivity contribution in [2.24, 2.45) is 0 Å². The molecule has 0 amide bonds. The predicted molar refractivity (Wildman–Crippen MR) is 32.0 cm³/mol. The summed E-state index contributed by atoms with van der Waals surface area (Å²) in [5, 5.41) is -0.154. The molecular weight excluding hydrogens is 145 g/mol. The fourth-order valence-corrected chi connectivity index (χ4v) is 0.584. The van der Waals surface area contributed by atoms with E-state index in [4.69, 9.17) is 11.6 Å². The Bertz CT molecular complexity index is 270. The van der Waals surface area contributed by atoms with E-state index in [9.17, 15) is 9.18 Å². The molecule has 0 aliphatic heterocycles. The van der Waals surface area contributed by atoms with Gasteiger partial charge in [-0.3, -0.25) is 4.79 Å². The molecule has 0 bridgehead atoms. The van der Waals surface area contributed by atoms with E-state index in [2.05, 4.69) is 4.98 Å². The van der Waals surface area contributed by atoms with E-state index in [1.54, 1.807) is 0 Å². The average molecular weight is 148 g/mol. The quantitative estimate of drug-likeness (QED) is 0.587. The van der Waals surface area contributed by atoms with Gasteiger partial charge in [-0.2, -0.15) is 4.39 Å². The smallest absolute Gasteiger partial charge is 0.285 e. The molecule has 2 nitrogen and oxygen atoms in total. The molecule has 9 heavy (non-hydrogen) atoms. The Balaban J connectivity index is 3.43. The van der Waals surface area contributed by atoms with Crippen molar-refractivity contribution in [1.82, 2.24) is 4.98 Å². The normalized spacial score (nSPS) is 9.56. The van der Waals surface area contributed by atoms with E-state index >= 15 is 0 Å². The minimum Gasteiger partial charge on any atom is -0.326 e. The Labute approximate surface area is 55.3 Å². The van der Waals surface area contributed by atoms with Gasteiger partial charge >= 0.3 is 0 Å². The number of halogens is 2. The van der Waals surface area contributed by atoms with Gasteiger partial charge in [0.1, 0.15) is 0 Å². The topological polar surface area (TPSA) is 32.9 Å². The molecule has 0 atom stereocenters. The summed E-state index contributed by atoms with van der Waals surface area (Å²) in [6, 6.07) is 1.28. The van der Waals surface area contributed by atoms with Crippen LogP contribution in [0.25, 0.3) is 0 Å². The maximum Gasteiger partial charge on any atom is 0.285 e. The summed E-state index contributed by atoms with van der Waals surface area (Å²) in [4.78, 5) is 12.5. The van der Waals surface area contributed by atoms with Crippen LogP contribution < -0.4 is 5.56 Å². The predicted octanol–water partition coefficient (Wildman–Crippen LogP) is 1.17. The molecule has 0 saturated heterocycles. The molecule has 4 heteroatoms. The summed E-state index contributed by atoms with van der Waals surface area (Å²) in [5.41, 5.74) is -0.789. The number of aromatic amines is 1. The fraction of sp³-hybridized carbons (Fsp3) is 0. The van der Waals surface area contributed by atoms with Crippen LogP contribution in [-0.4, -0.2) is 4.98 Å². The van der Waals surface area contributed by atoms with Crippen molar-refractivity contribution in [2.45, 2.75) is 0 Å². The Morgan fingerprint density at radius 2 is 2.33 bits per heavy atom. The van der Waals surface area contributed by atoms with Crippen molar-refractivity contribution in [3.05, 3.63) is 33.5 Å². The third-order valence-electron chi connectivity index (χ3n) is 0.853. The van der Waals surface area contributed by atoms with Gasteiger partial charge in [0.15, 0.2) is 0 Å². The van der Waals surface area contributed by atoms with Crippen molar-refractivity contribution >= 4 is 11.6 Å². The molecule has 48 valence electrons. The van der Waals surface area contributed by atoms with Crippen LogP contribution in [0.5, 0.6) is 0 Å². The van der Waals surface area contributed by atoms with E-state index in [1.807, 2.05) is 0 Å². The monoisotopic (exact) mass is 147 g/mol. The van der Waals surface area contributed by atoms with Crippen LogP contribution in [0.4, 0.5) is 4.39 Å². The molecule has 0 saturated carbocycles. The molecule has 0 radical (unpaired) electrons. The largest absolute Gasteiger partial charge is 0.326 e. The molecule has 0 unspecified atom stereocenters. The summed E-state index contributed by atoms with van der Waals surface area (Å²) < 4.78 is 12.3. The van der Waals surface area contributed by atoms with Crippen LogP contribution in [0, 0.1) is 5.82 Å². The molecule has 0 aromatic carbocycles. The first-order chi connectivity index (χ1) is 4.22. The summed E-state index contributed by atoms with van der Waals surface area (Å²) in [5.74, 6) is -0.931. The summed E-state index contributed by atoms with van der Waals surface area (Å²) in [7, 11) is 0. The molecule has 0 fully saturated rings. The second kappa shape index (κ2) is 2.19. The van der Waals surface area contributed by atoms with Gasteiger partial charge < -0.3 is 4.98 Å². The summed E-state index contributed by atoms with van der Waals surface area (Å²) in [6.07, 6.45) is 1.29. The van der Waals surface area contributed by atoms with Gasteiger partial charge in [0.05, 0.1) is 5.02 Å². The van der Waals surface area contributed by atoms with Gasteiger partial charge in [-0.15, -0.1) is 0 Å². The van der Waals surface area contributed by atoms with Gasteiger partial charge in [-0.25, -0.2) is 0 Å². The van der Waals surface area contributed by atoms with Gasteiger partial charge in [-0.05, 0) is 6.07 Å². The van der Waals surface area contributed by atoms with E-state index < -0.39 is 11.4 Å². The molecule has 0 aliphatic carbocycles. The standard InChI is InChI=1S/C5H3ClFNO/c6-3-1-2-8-5(9)4(3)7/h1-2H,(H,8,9). The van der Waals surface area contributed by atoms with Crippen molar-refractivity contribution in [3.63, 3.8) is 0 Å². The Kier molecular flexibility index (Phi) is 1.53. The average Bonchev–Trinajstić information content (AvgIpc) is 1.83. The minimum absolute atomic E-state index is 0.154. The van der Waals surface area contributed by atoms with Crippen molar-refractivity contribution < 1.29 is 4.39 Å². The fourth-order valence-electron chi connectivity index (χ4n) is 0.436. The zero-order chi connectivity index (χ0) is 6.85. The first kappa shape index (κ1) is 6.29. The number of hydrogen-bond acceptors (Lipinski definition) is 1. The lowest BCUT2D eigenvalue weighted by molar-refractivity contribution is 0.609. The molecule has 0 aliphatic rings. The molecule has 1 rings (SSSR count). The highest BCUT2D eigenvalue weighted by atomic mass is 35.5. The first-order valence-corrected chi connectivity index (χ1v) is 2.62. The zero-order valence-corrected chi connectivity index (χ0v) is 5.07. The molecule has 1 N–H and O–H groups in total. The number of aromatic nitrogens is 1. The van der Waals surface area contributed by atoms with E-state index in [1.165, 1.54) is 12.3 Å². The zero-order valence-electron chi connectivity index (χ0n) is 4.32.